The number of aryl methyl sites for hydroxylation is 1. The second-order valence-electron chi connectivity index (χ2n) is 7.18. The lowest BCUT2D eigenvalue weighted by molar-refractivity contribution is 0.0589. The minimum atomic E-state index is -1.06. The molecular weight excluding hydrogens is 330 g/mol. The Morgan fingerprint density at radius 1 is 1.19 bits per heavy atom. The fourth-order valence-electron chi connectivity index (χ4n) is 3.47. The zero-order valence-corrected chi connectivity index (χ0v) is 15.1. The van der Waals surface area contributed by atoms with E-state index in [1.165, 1.54) is 0 Å². The molecule has 0 saturated carbocycles. The maximum atomic E-state index is 13.2. The lowest BCUT2D eigenvalue weighted by Gasteiger charge is -2.30. The molecule has 0 unspecified atom stereocenters. The Bertz CT molecular complexity index is 1000. The average molecular weight is 351 g/mol. The van der Waals surface area contributed by atoms with Gasteiger partial charge in [-0.15, -0.1) is 10.2 Å². The van der Waals surface area contributed by atoms with Crippen molar-refractivity contribution in [1.82, 2.24) is 24.6 Å². The van der Waals surface area contributed by atoms with Gasteiger partial charge in [0.05, 0.1) is 17.8 Å². The van der Waals surface area contributed by atoms with Crippen molar-refractivity contribution in [2.45, 2.75) is 39.5 Å². The normalized spacial score (nSPS) is 14.5. The molecule has 0 bridgehead atoms. The predicted molar refractivity (Wildman–Crippen MR) is 96.5 cm³/mol. The van der Waals surface area contributed by atoms with Crippen LogP contribution in [0.15, 0.2) is 30.5 Å². The number of carbonyl (C=O) groups is 1. The molecule has 3 aromatic rings. The molecule has 1 amide bonds. The Balaban J connectivity index is 1.69. The summed E-state index contributed by atoms with van der Waals surface area (Å²) in [5.41, 5.74) is 0.296. The van der Waals surface area contributed by atoms with Crippen LogP contribution in [0.25, 0.3) is 10.8 Å². The first-order valence-corrected chi connectivity index (χ1v) is 8.65. The molecule has 2 aromatic heterocycles. The number of hydrogen-bond donors (Lipinski definition) is 1. The first-order chi connectivity index (χ1) is 12.4. The highest BCUT2D eigenvalue weighted by Gasteiger charge is 2.31. The minimum Gasteiger partial charge on any atom is -0.382 e. The summed E-state index contributed by atoms with van der Waals surface area (Å²) in [6, 6.07) is 7.78. The van der Waals surface area contributed by atoms with Gasteiger partial charge in [0, 0.05) is 24.7 Å². The molecule has 0 radical (unpaired) electrons. The van der Waals surface area contributed by atoms with Crippen LogP contribution >= 0.6 is 0 Å². The van der Waals surface area contributed by atoms with Gasteiger partial charge in [-0.1, -0.05) is 24.3 Å². The topological polar surface area (TPSA) is 84.1 Å². The third kappa shape index (κ3) is 2.64. The number of fused-ring (bicyclic) bond motifs is 2. The molecule has 134 valence electrons. The summed E-state index contributed by atoms with van der Waals surface area (Å²) in [4.78, 5) is 19.4. The van der Waals surface area contributed by atoms with Crippen molar-refractivity contribution in [2.24, 2.45) is 0 Å². The highest BCUT2D eigenvalue weighted by atomic mass is 16.3. The summed E-state index contributed by atoms with van der Waals surface area (Å²) in [5.74, 6) is 1.17. The van der Waals surface area contributed by atoms with Crippen LogP contribution in [0.5, 0.6) is 0 Å². The van der Waals surface area contributed by atoms with Crippen LogP contribution in [-0.4, -0.2) is 42.2 Å². The van der Waals surface area contributed by atoms with Gasteiger partial charge in [0.15, 0.2) is 11.6 Å². The molecule has 0 saturated heterocycles. The summed E-state index contributed by atoms with van der Waals surface area (Å²) in [6.45, 7) is 6.70. The third-order valence-electron chi connectivity index (χ3n) is 4.79. The Kier molecular flexibility index (Phi) is 3.77. The average Bonchev–Trinajstić information content (AvgIpc) is 3.04. The van der Waals surface area contributed by atoms with Gasteiger partial charge >= 0.3 is 0 Å². The van der Waals surface area contributed by atoms with E-state index in [1.54, 1.807) is 24.9 Å². The lowest BCUT2D eigenvalue weighted by atomic mass is 10.0. The summed E-state index contributed by atoms with van der Waals surface area (Å²) >= 11 is 0. The Morgan fingerprint density at radius 2 is 1.96 bits per heavy atom. The van der Waals surface area contributed by atoms with E-state index < -0.39 is 5.60 Å². The molecule has 26 heavy (non-hydrogen) atoms. The second-order valence-corrected chi connectivity index (χ2v) is 7.18. The van der Waals surface area contributed by atoms with Crippen LogP contribution < -0.4 is 0 Å². The minimum absolute atomic E-state index is 0.0501. The van der Waals surface area contributed by atoms with Crippen molar-refractivity contribution >= 4 is 16.7 Å². The number of amides is 1. The number of pyridine rings is 1. The van der Waals surface area contributed by atoms with Crippen molar-refractivity contribution in [3.05, 3.63) is 53.4 Å². The molecule has 7 nitrogen and oxygen atoms in total. The zero-order valence-electron chi connectivity index (χ0n) is 15.1. The van der Waals surface area contributed by atoms with Gasteiger partial charge in [0.1, 0.15) is 5.60 Å². The standard InChI is InChI=1S/C19H21N5O2/c1-12-16(14-7-5-4-6-13(14)10-20-12)17(25)23-8-9-24-15(11-23)21-22-18(24)19(2,3)26/h4-7,10,26H,8-9,11H2,1-3H3. The number of benzene rings is 1. The number of aromatic nitrogens is 4. The maximum absolute atomic E-state index is 13.2. The zero-order chi connectivity index (χ0) is 18.5. The van der Waals surface area contributed by atoms with Crippen molar-refractivity contribution in [3.63, 3.8) is 0 Å². The molecule has 0 aliphatic carbocycles. The first kappa shape index (κ1) is 16.7. The van der Waals surface area contributed by atoms with E-state index in [1.807, 2.05) is 35.8 Å². The lowest BCUT2D eigenvalue weighted by Crippen LogP contribution is -2.40. The summed E-state index contributed by atoms with van der Waals surface area (Å²) in [5, 5.41) is 20.4. The summed E-state index contributed by atoms with van der Waals surface area (Å²) < 4.78 is 1.90. The molecule has 4 rings (SSSR count). The van der Waals surface area contributed by atoms with Crippen molar-refractivity contribution in [1.29, 1.82) is 0 Å². The van der Waals surface area contributed by atoms with Crippen molar-refractivity contribution < 1.29 is 9.90 Å². The van der Waals surface area contributed by atoms with Crippen LogP contribution in [0.2, 0.25) is 0 Å². The third-order valence-corrected chi connectivity index (χ3v) is 4.79. The molecular formula is C19H21N5O2. The number of hydrogen-bond acceptors (Lipinski definition) is 5. The van der Waals surface area contributed by atoms with E-state index in [9.17, 15) is 9.90 Å². The number of rotatable bonds is 2. The SMILES string of the molecule is Cc1ncc2ccccc2c1C(=O)N1CCn2c(nnc2C(C)(C)O)C1. The second kappa shape index (κ2) is 5.88. The van der Waals surface area contributed by atoms with Gasteiger partial charge in [-0.2, -0.15) is 0 Å². The van der Waals surface area contributed by atoms with Gasteiger partial charge in [-0.3, -0.25) is 9.78 Å². The van der Waals surface area contributed by atoms with Crippen LogP contribution in [0.3, 0.4) is 0 Å². The Morgan fingerprint density at radius 3 is 2.73 bits per heavy atom. The molecule has 7 heteroatoms. The number of aliphatic hydroxyl groups is 1. The van der Waals surface area contributed by atoms with Crippen molar-refractivity contribution in [2.75, 3.05) is 6.54 Å². The van der Waals surface area contributed by atoms with E-state index >= 15 is 0 Å². The smallest absolute Gasteiger partial charge is 0.256 e. The molecule has 1 aliphatic rings. The molecule has 1 aromatic carbocycles. The van der Waals surface area contributed by atoms with Gasteiger partial charge in [0.2, 0.25) is 0 Å². The van der Waals surface area contributed by atoms with E-state index in [0.717, 1.165) is 16.5 Å². The highest BCUT2D eigenvalue weighted by molar-refractivity contribution is 6.07. The van der Waals surface area contributed by atoms with Crippen LogP contribution in [0.4, 0.5) is 0 Å². The van der Waals surface area contributed by atoms with Gasteiger partial charge in [0.25, 0.3) is 5.91 Å². The molecule has 3 heterocycles. The monoisotopic (exact) mass is 351 g/mol. The predicted octanol–water partition coefficient (Wildman–Crippen LogP) is 2.02. The van der Waals surface area contributed by atoms with Gasteiger partial charge in [-0.25, -0.2) is 0 Å². The molecule has 0 fully saturated rings. The van der Waals surface area contributed by atoms with E-state index in [-0.39, 0.29) is 5.91 Å². The summed E-state index contributed by atoms with van der Waals surface area (Å²) in [7, 11) is 0. The molecule has 1 aliphatic heterocycles. The van der Waals surface area contributed by atoms with Crippen LogP contribution in [0, 0.1) is 6.92 Å². The van der Waals surface area contributed by atoms with Crippen LogP contribution in [-0.2, 0) is 18.7 Å². The largest absolute Gasteiger partial charge is 0.382 e. The first-order valence-electron chi connectivity index (χ1n) is 8.65. The van der Waals surface area contributed by atoms with Gasteiger partial charge in [-0.05, 0) is 26.2 Å². The number of carbonyl (C=O) groups excluding carboxylic acids is 1. The van der Waals surface area contributed by atoms with E-state index in [4.69, 9.17) is 0 Å². The molecule has 0 atom stereocenters. The Labute approximate surface area is 151 Å². The van der Waals surface area contributed by atoms with Gasteiger partial charge < -0.3 is 14.6 Å². The van der Waals surface area contributed by atoms with E-state index in [2.05, 4.69) is 15.2 Å². The Hall–Kier alpha value is -2.80. The summed E-state index contributed by atoms with van der Waals surface area (Å²) in [6.07, 6.45) is 1.80. The highest BCUT2D eigenvalue weighted by Crippen LogP contribution is 2.25. The fourth-order valence-corrected chi connectivity index (χ4v) is 3.47. The van der Waals surface area contributed by atoms with E-state index in [0.29, 0.717) is 36.8 Å². The quantitative estimate of drug-likeness (QED) is 0.764. The maximum Gasteiger partial charge on any atom is 0.256 e. The molecule has 0 spiro atoms. The van der Waals surface area contributed by atoms with Crippen molar-refractivity contribution in [3.8, 4) is 0 Å². The molecule has 1 N–H and O–H groups in total. The number of nitrogens with zero attached hydrogens (tertiary/aromatic N) is 5. The fraction of sp³-hybridized carbons (Fsp3) is 0.368. The van der Waals surface area contributed by atoms with Crippen LogP contribution in [0.1, 0.15) is 41.5 Å².